The minimum absolute atomic E-state index is 0.0964. The molecule has 1 aliphatic rings. The molecule has 0 bridgehead atoms. The lowest BCUT2D eigenvalue weighted by Crippen LogP contribution is -2.35. The zero-order valence-electron chi connectivity index (χ0n) is 12.0. The van der Waals surface area contributed by atoms with E-state index in [1.54, 1.807) is 34.0 Å². The molecule has 0 atom stereocenters. The molecule has 0 spiro atoms. The van der Waals surface area contributed by atoms with E-state index in [4.69, 9.17) is 0 Å². The molecule has 1 aromatic carbocycles. The van der Waals surface area contributed by atoms with E-state index in [9.17, 15) is 14.9 Å². The van der Waals surface area contributed by atoms with E-state index < -0.39 is 4.92 Å². The lowest BCUT2D eigenvalue weighted by molar-refractivity contribution is -0.384. The normalized spacial score (nSPS) is 14.8. The standard InChI is InChI=1S/C15H16N4O3/c20-15(17-7-2-1-3-8-17)12-4-5-13(14(10-12)19(21)22)18-9-6-16-11-18/h4-6,9-11H,1-3,7-8H2. The highest BCUT2D eigenvalue weighted by Crippen LogP contribution is 2.25. The van der Waals surface area contributed by atoms with E-state index in [1.807, 2.05) is 0 Å². The number of nitro benzene ring substituents is 1. The Labute approximate surface area is 127 Å². The quantitative estimate of drug-likeness (QED) is 0.644. The summed E-state index contributed by atoms with van der Waals surface area (Å²) in [6.45, 7) is 1.44. The molecule has 1 saturated heterocycles. The van der Waals surface area contributed by atoms with Crippen molar-refractivity contribution < 1.29 is 9.72 Å². The molecule has 1 amide bonds. The fraction of sp³-hybridized carbons (Fsp3) is 0.333. The summed E-state index contributed by atoms with van der Waals surface area (Å²) in [7, 11) is 0. The number of nitro groups is 1. The molecule has 3 rings (SSSR count). The Balaban J connectivity index is 1.95. The number of imidazole rings is 1. The molecule has 7 heteroatoms. The predicted molar refractivity (Wildman–Crippen MR) is 80.0 cm³/mol. The lowest BCUT2D eigenvalue weighted by atomic mass is 10.1. The van der Waals surface area contributed by atoms with Crippen molar-refractivity contribution in [1.82, 2.24) is 14.5 Å². The first-order valence-corrected chi connectivity index (χ1v) is 7.23. The maximum atomic E-state index is 12.5. The Morgan fingerprint density at radius 2 is 2.00 bits per heavy atom. The number of carbonyl (C=O) groups excluding carboxylic acids is 1. The largest absolute Gasteiger partial charge is 0.339 e. The van der Waals surface area contributed by atoms with Gasteiger partial charge in [-0.25, -0.2) is 4.98 Å². The summed E-state index contributed by atoms with van der Waals surface area (Å²) in [5.74, 6) is -0.139. The maximum Gasteiger partial charge on any atom is 0.294 e. The third kappa shape index (κ3) is 2.69. The zero-order valence-corrected chi connectivity index (χ0v) is 12.0. The van der Waals surface area contributed by atoms with E-state index in [0.717, 1.165) is 32.4 Å². The van der Waals surface area contributed by atoms with Crippen LogP contribution in [-0.4, -0.2) is 38.4 Å². The van der Waals surface area contributed by atoms with Crippen LogP contribution in [0.15, 0.2) is 36.9 Å². The van der Waals surface area contributed by atoms with Crippen LogP contribution in [0.3, 0.4) is 0 Å². The van der Waals surface area contributed by atoms with E-state index in [-0.39, 0.29) is 11.6 Å². The van der Waals surface area contributed by atoms with Crippen molar-refractivity contribution in [1.29, 1.82) is 0 Å². The second-order valence-electron chi connectivity index (χ2n) is 5.28. The SMILES string of the molecule is O=C(c1ccc(-n2ccnc2)c([N+](=O)[O-])c1)N1CCCCC1. The molecule has 0 N–H and O–H groups in total. The highest BCUT2D eigenvalue weighted by Gasteiger charge is 2.22. The number of benzene rings is 1. The second-order valence-corrected chi connectivity index (χ2v) is 5.28. The molecule has 7 nitrogen and oxygen atoms in total. The van der Waals surface area contributed by atoms with Crippen LogP contribution >= 0.6 is 0 Å². The average Bonchev–Trinajstić information content (AvgIpc) is 3.08. The van der Waals surface area contributed by atoms with Crippen molar-refractivity contribution in [2.45, 2.75) is 19.3 Å². The van der Waals surface area contributed by atoms with Crippen molar-refractivity contribution in [3.05, 3.63) is 52.6 Å². The minimum Gasteiger partial charge on any atom is -0.339 e. The van der Waals surface area contributed by atoms with Gasteiger partial charge in [0.2, 0.25) is 0 Å². The molecule has 1 aliphatic heterocycles. The van der Waals surface area contributed by atoms with Gasteiger partial charge in [0.1, 0.15) is 5.69 Å². The van der Waals surface area contributed by atoms with Crippen LogP contribution in [0.5, 0.6) is 0 Å². The number of aromatic nitrogens is 2. The fourth-order valence-electron chi connectivity index (χ4n) is 2.70. The number of nitrogens with zero attached hydrogens (tertiary/aromatic N) is 4. The van der Waals surface area contributed by atoms with Crippen molar-refractivity contribution in [2.24, 2.45) is 0 Å². The summed E-state index contributed by atoms with van der Waals surface area (Å²) in [5, 5.41) is 11.3. The zero-order chi connectivity index (χ0) is 15.5. The Morgan fingerprint density at radius 1 is 1.23 bits per heavy atom. The predicted octanol–water partition coefficient (Wildman–Crippen LogP) is 2.41. The van der Waals surface area contributed by atoms with Crippen molar-refractivity contribution in [3.63, 3.8) is 0 Å². The van der Waals surface area contributed by atoms with Gasteiger partial charge in [0.15, 0.2) is 0 Å². The lowest BCUT2D eigenvalue weighted by Gasteiger charge is -2.26. The molecule has 2 heterocycles. The third-order valence-electron chi connectivity index (χ3n) is 3.84. The Kier molecular flexibility index (Phi) is 3.86. The Hall–Kier alpha value is -2.70. The van der Waals surface area contributed by atoms with Crippen LogP contribution in [0.4, 0.5) is 5.69 Å². The van der Waals surface area contributed by atoms with Crippen LogP contribution in [0.25, 0.3) is 5.69 Å². The van der Waals surface area contributed by atoms with Crippen molar-refractivity contribution in [2.75, 3.05) is 13.1 Å². The van der Waals surface area contributed by atoms with Gasteiger partial charge in [-0.05, 0) is 31.4 Å². The monoisotopic (exact) mass is 300 g/mol. The smallest absolute Gasteiger partial charge is 0.294 e. The molecule has 114 valence electrons. The van der Waals surface area contributed by atoms with Gasteiger partial charge >= 0.3 is 0 Å². The van der Waals surface area contributed by atoms with Gasteiger partial charge in [0, 0.05) is 37.1 Å². The molecule has 1 aromatic heterocycles. The molecule has 22 heavy (non-hydrogen) atoms. The first-order valence-electron chi connectivity index (χ1n) is 7.23. The van der Waals surface area contributed by atoms with Crippen LogP contribution in [0, 0.1) is 10.1 Å². The molecule has 0 radical (unpaired) electrons. The summed E-state index contributed by atoms with van der Waals surface area (Å²) >= 11 is 0. The molecular formula is C15H16N4O3. The summed E-state index contributed by atoms with van der Waals surface area (Å²) in [4.78, 5) is 29.0. The summed E-state index contributed by atoms with van der Waals surface area (Å²) in [5.41, 5.74) is 0.663. The fourth-order valence-corrected chi connectivity index (χ4v) is 2.70. The van der Waals surface area contributed by atoms with Gasteiger partial charge in [0.25, 0.3) is 11.6 Å². The topological polar surface area (TPSA) is 81.3 Å². The summed E-state index contributed by atoms with van der Waals surface area (Å²) < 4.78 is 1.56. The summed E-state index contributed by atoms with van der Waals surface area (Å²) in [6, 6.07) is 4.59. The molecule has 2 aromatic rings. The van der Waals surface area contributed by atoms with E-state index in [1.165, 1.54) is 12.4 Å². The number of hydrogen-bond donors (Lipinski definition) is 0. The first-order chi connectivity index (χ1) is 10.7. The Morgan fingerprint density at radius 3 is 2.64 bits per heavy atom. The number of likely N-dealkylation sites (tertiary alicyclic amines) is 1. The number of hydrogen-bond acceptors (Lipinski definition) is 4. The minimum atomic E-state index is -0.470. The molecular weight excluding hydrogens is 284 g/mol. The maximum absolute atomic E-state index is 12.5. The van der Waals surface area contributed by atoms with Gasteiger partial charge in [-0.3, -0.25) is 14.9 Å². The molecule has 0 aliphatic carbocycles. The van der Waals surface area contributed by atoms with Gasteiger partial charge in [0.05, 0.1) is 11.3 Å². The Bertz CT molecular complexity index is 691. The molecule has 0 saturated carbocycles. The highest BCUT2D eigenvalue weighted by atomic mass is 16.6. The van der Waals surface area contributed by atoms with Crippen molar-refractivity contribution >= 4 is 11.6 Å². The number of amides is 1. The van der Waals surface area contributed by atoms with E-state index >= 15 is 0 Å². The van der Waals surface area contributed by atoms with Crippen molar-refractivity contribution in [3.8, 4) is 5.69 Å². The summed E-state index contributed by atoms with van der Waals surface area (Å²) in [6.07, 6.45) is 7.78. The van der Waals surface area contributed by atoms with Crippen LogP contribution in [-0.2, 0) is 0 Å². The van der Waals surface area contributed by atoms with Crippen LogP contribution in [0.1, 0.15) is 29.6 Å². The van der Waals surface area contributed by atoms with Gasteiger partial charge < -0.3 is 9.47 Å². The molecule has 0 unspecified atom stereocenters. The highest BCUT2D eigenvalue weighted by molar-refractivity contribution is 5.95. The van der Waals surface area contributed by atoms with Gasteiger partial charge in [-0.15, -0.1) is 0 Å². The van der Waals surface area contributed by atoms with Crippen LogP contribution in [0.2, 0.25) is 0 Å². The first kappa shape index (κ1) is 14.2. The van der Waals surface area contributed by atoms with Gasteiger partial charge in [-0.1, -0.05) is 0 Å². The third-order valence-corrected chi connectivity index (χ3v) is 3.84. The van der Waals surface area contributed by atoms with E-state index in [0.29, 0.717) is 11.3 Å². The second kappa shape index (κ2) is 5.97. The molecule has 1 fully saturated rings. The van der Waals surface area contributed by atoms with Crippen LogP contribution < -0.4 is 0 Å². The average molecular weight is 300 g/mol. The van der Waals surface area contributed by atoms with Gasteiger partial charge in [-0.2, -0.15) is 0 Å². The number of carbonyl (C=O) groups is 1. The number of rotatable bonds is 3. The number of piperidine rings is 1. The van der Waals surface area contributed by atoms with E-state index in [2.05, 4.69) is 4.98 Å².